The summed E-state index contributed by atoms with van der Waals surface area (Å²) in [6.45, 7) is 4.18. The SMILES string of the molecule is Cc1cccc(C)c1NC(=O)C1c2ccccc2C(=O)N1CCc1c[nH]c2c(S(C)(=O)=O)cccc12. The summed E-state index contributed by atoms with van der Waals surface area (Å²) in [6, 6.07) is 17.4. The summed E-state index contributed by atoms with van der Waals surface area (Å²) < 4.78 is 24.4. The van der Waals surface area contributed by atoms with Gasteiger partial charge in [0, 0.05) is 35.6 Å². The Kier molecular flexibility index (Phi) is 5.92. The normalized spacial score (nSPS) is 15.4. The molecule has 0 radical (unpaired) electrons. The molecule has 0 aliphatic carbocycles. The maximum absolute atomic E-state index is 13.6. The minimum atomic E-state index is -3.40. The predicted molar refractivity (Wildman–Crippen MR) is 140 cm³/mol. The Morgan fingerprint density at radius 2 is 1.69 bits per heavy atom. The lowest BCUT2D eigenvalue weighted by Gasteiger charge is -2.25. The molecule has 2 N–H and O–H groups in total. The van der Waals surface area contributed by atoms with E-state index in [0.717, 1.165) is 27.8 Å². The zero-order chi connectivity index (χ0) is 25.6. The number of aryl methyl sites for hydroxylation is 2. The van der Waals surface area contributed by atoms with Crippen molar-refractivity contribution in [2.24, 2.45) is 0 Å². The molecule has 0 bridgehead atoms. The number of sulfone groups is 1. The summed E-state index contributed by atoms with van der Waals surface area (Å²) in [5.74, 6) is -0.451. The molecule has 0 fully saturated rings. The third-order valence-electron chi connectivity index (χ3n) is 6.82. The van der Waals surface area contributed by atoms with Crippen molar-refractivity contribution in [3.05, 3.63) is 94.7 Å². The molecule has 36 heavy (non-hydrogen) atoms. The Balaban J connectivity index is 1.46. The first kappa shape index (κ1) is 23.8. The molecular weight excluding hydrogens is 474 g/mol. The second-order valence-corrected chi connectivity index (χ2v) is 11.2. The Bertz CT molecular complexity index is 1600. The van der Waals surface area contributed by atoms with Crippen LogP contribution in [0.15, 0.2) is 71.8 Å². The summed E-state index contributed by atoms with van der Waals surface area (Å²) in [5, 5.41) is 3.84. The first-order chi connectivity index (χ1) is 17.2. The van der Waals surface area contributed by atoms with E-state index in [0.29, 0.717) is 29.6 Å². The van der Waals surface area contributed by atoms with E-state index in [1.165, 1.54) is 6.26 Å². The topological polar surface area (TPSA) is 99.3 Å². The minimum absolute atomic E-state index is 0.191. The zero-order valence-electron chi connectivity index (χ0n) is 20.3. The van der Waals surface area contributed by atoms with Gasteiger partial charge in [0.25, 0.3) is 11.8 Å². The number of carbonyl (C=O) groups is 2. The maximum atomic E-state index is 13.6. The van der Waals surface area contributed by atoms with Crippen LogP contribution < -0.4 is 5.32 Å². The maximum Gasteiger partial charge on any atom is 0.255 e. The van der Waals surface area contributed by atoms with Crippen molar-refractivity contribution in [1.82, 2.24) is 9.88 Å². The van der Waals surface area contributed by atoms with Gasteiger partial charge in [-0.2, -0.15) is 0 Å². The van der Waals surface area contributed by atoms with Gasteiger partial charge in [-0.15, -0.1) is 0 Å². The summed E-state index contributed by atoms with van der Waals surface area (Å²) in [5.41, 5.74) is 5.30. The van der Waals surface area contributed by atoms with Crippen LogP contribution in [0.25, 0.3) is 10.9 Å². The van der Waals surface area contributed by atoms with Gasteiger partial charge in [0.15, 0.2) is 9.84 Å². The van der Waals surface area contributed by atoms with E-state index in [-0.39, 0.29) is 16.7 Å². The van der Waals surface area contributed by atoms with Crippen LogP contribution in [-0.2, 0) is 21.1 Å². The number of fused-ring (bicyclic) bond motifs is 2. The molecule has 1 unspecified atom stereocenters. The molecule has 8 heteroatoms. The summed E-state index contributed by atoms with van der Waals surface area (Å²) >= 11 is 0. The van der Waals surface area contributed by atoms with Gasteiger partial charge in [0.2, 0.25) is 0 Å². The highest BCUT2D eigenvalue weighted by Gasteiger charge is 2.40. The molecule has 1 aliphatic heterocycles. The van der Waals surface area contributed by atoms with Crippen LogP contribution in [-0.4, -0.2) is 42.9 Å². The van der Waals surface area contributed by atoms with Gasteiger partial charge in [-0.25, -0.2) is 8.42 Å². The fourth-order valence-corrected chi connectivity index (χ4v) is 5.89. The third kappa shape index (κ3) is 4.07. The quantitative estimate of drug-likeness (QED) is 0.404. The van der Waals surface area contributed by atoms with Crippen LogP contribution >= 0.6 is 0 Å². The minimum Gasteiger partial charge on any atom is -0.360 e. The van der Waals surface area contributed by atoms with Crippen molar-refractivity contribution in [3.8, 4) is 0 Å². The first-order valence-electron chi connectivity index (χ1n) is 11.7. The average Bonchev–Trinajstić information content (AvgIpc) is 3.38. The van der Waals surface area contributed by atoms with E-state index in [2.05, 4.69) is 10.3 Å². The van der Waals surface area contributed by atoms with E-state index in [1.54, 1.807) is 35.4 Å². The third-order valence-corrected chi connectivity index (χ3v) is 7.96. The summed E-state index contributed by atoms with van der Waals surface area (Å²) in [4.78, 5) is 31.9. The Morgan fingerprint density at radius 1 is 1.00 bits per heavy atom. The molecule has 4 aromatic rings. The van der Waals surface area contributed by atoms with Crippen molar-refractivity contribution in [3.63, 3.8) is 0 Å². The van der Waals surface area contributed by atoms with Gasteiger partial charge in [-0.1, -0.05) is 48.5 Å². The molecule has 0 saturated heterocycles. The van der Waals surface area contributed by atoms with Gasteiger partial charge >= 0.3 is 0 Å². The van der Waals surface area contributed by atoms with Gasteiger partial charge < -0.3 is 15.2 Å². The molecule has 184 valence electrons. The van der Waals surface area contributed by atoms with Crippen molar-refractivity contribution < 1.29 is 18.0 Å². The number of aromatic nitrogens is 1. The number of hydrogen-bond acceptors (Lipinski definition) is 4. The molecule has 7 nitrogen and oxygen atoms in total. The Morgan fingerprint density at radius 3 is 2.42 bits per heavy atom. The van der Waals surface area contributed by atoms with Crippen LogP contribution in [0.1, 0.15) is 38.7 Å². The molecule has 1 aromatic heterocycles. The van der Waals surface area contributed by atoms with E-state index in [4.69, 9.17) is 0 Å². The molecule has 5 rings (SSSR count). The number of aromatic amines is 1. The Labute approximate surface area is 210 Å². The second-order valence-electron chi connectivity index (χ2n) is 9.26. The van der Waals surface area contributed by atoms with Gasteiger partial charge in [0.05, 0.1) is 10.4 Å². The molecule has 2 heterocycles. The fraction of sp³-hybridized carbons (Fsp3) is 0.214. The molecule has 0 saturated carbocycles. The molecule has 1 aliphatic rings. The second kappa shape index (κ2) is 8.95. The lowest BCUT2D eigenvalue weighted by atomic mass is 10.0. The largest absolute Gasteiger partial charge is 0.360 e. The van der Waals surface area contributed by atoms with Crippen LogP contribution in [0, 0.1) is 13.8 Å². The van der Waals surface area contributed by atoms with Gasteiger partial charge in [0.1, 0.15) is 6.04 Å². The number of nitrogens with one attached hydrogen (secondary N) is 2. The highest BCUT2D eigenvalue weighted by Crippen LogP contribution is 2.36. The Hall–Kier alpha value is -3.91. The van der Waals surface area contributed by atoms with Crippen LogP contribution in [0.3, 0.4) is 0 Å². The van der Waals surface area contributed by atoms with E-state index in [1.807, 2.05) is 50.2 Å². The molecular formula is C28H27N3O4S. The molecule has 2 amide bonds. The number of amides is 2. The lowest BCUT2D eigenvalue weighted by molar-refractivity contribution is -0.120. The van der Waals surface area contributed by atoms with Crippen molar-refractivity contribution in [2.45, 2.75) is 31.2 Å². The molecule has 1 atom stereocenters. The number of para-hydroxylation sites is 2. The fourth-order valence-electron chi connectivity index (χ4n) is 5.03. The van der Waals surface area contributed by atoms with Crippen LogP contribution in [0.5, 0.6) is 0 Å². The number of benzene rings is 3. The monoisotopic (exact) mass is 501 g/mol. The van der Waals surface area contributed by atoms with Gasteiger partial charge in [-0.3, -0.25) is 9.59 Å². The van der Waals surface area contributed by atoms with E-state index in [9.17, 15) is 18.0 Å². The predicted octanol–water partition coefficient (Wildman–Crippen LogP) is 4.57. The number of rotatable bonds is 6. The van der Waals surface area contributed by atoms with Crippen LogP contribution in [0.2, 0.25) is 0 Å². The highest BCUT2D eigenvalue weighted by atomic mass is 32.2. The number of nitrogens with zero attached hydrogens (tertiary/aromatic N) is 1. The standard InChI is InChI=1S/C28H27N3O4S/c1-17-8-6-9-18(2)24(17)30-27(32)26-21-10-4-5-11-22(21)28(33)31(26)15-14-19-16-29-25-20(19)12-7-13-23(25)36(3,34)35/h4-13,16,26,29H,14-15H2,1-3H3,(H,30,32). The number of H-pyrrole nitrogens is 1. The zero-order valence-corrected chi connectivity index (χ0v) is 21.1. The van der Waals surface area contributed by atoms with E-state index >= 15 is 0 Å². The van der Waals surface area contributed by atoms with E-state index < -0.39 is 15.9 Å². The number of hydrogen-bond donors (Lipinski definition) is 2. The van der Waals surface area contributed by atoms with Crippen LogP contribution in [0.4, 0.5) is 5.69 Å². The number of carbonyl (C=O) groups excluding carboxylic acids is 2. The van der Waals surface area contributed by atoms with Crippen molar-refractivity contribution in [1.29, 1.82) is 0 Å². The first-order valence-corrected chi connectivity index (χ1v) is 13.6. The highest BCUT2D eigenvalue weighted by molar-refractivity contribution is 7.91. The van der Waals surface area contributed by atoms with Gasteiger partial charge in [-0.05, 0) is 54.7 Å². The molecule has 3 aromatic carbocycles. The summed E-state index contributed by atoms with van der Waals surface area (Å²) in [7, 11) is -3.40. The lowest BCUT2D eigenvalue weighted by Crippen LogP contribution is -2.37. The smallest absolute Gasteiger partial charge is 0.255 e. The number of anilines is 1. The van der Waals surface area contributed by atoms with Crippen molar-refractivity contribution >= 4 is 38.2 Å². The molecule has 0 spiro atoms. The summed E-state index contributed by atoms with van der Waals surface area (Å²) in [6.07, 6.45) is 3.42. The average molecular weight is 502 g/mol. The van der Waals surface area contributed by atoms with Crippen molar-refractivity contribution in [2.75, 3.05) is 18.1 Å².